The summed E-state index contributed by atoms with van der Waals surface area (Å²) in [6, 6.07) is 1.34. The number of nitrogens with zero attached hydrogens (tertiary/aromatic N) is 1. The SMILES string of the molecule is CC1CC(=O)CCN1C1CC2CCC1C2. The number of fused-ring (bicyclic) bond motifs is 2. The van der Waals surface area contributed by atoms with Gasteiger partial charge in [0.1, 0.15) is 5.78 Å². The fraction of sp³-hybridized carbons (Fsp3) is 0.923. The molecule has 0 aromatic carbocycles. The Labute approximate surface area is 92.0 Å². The molecule has 1 heterocycles. The lowest BCUT2D eigenvalue weighted by molar-refractivity contribution is -0.124. The molecule has 1 aliphatic heterocycles. The summed E-state index contributed by atoms with van der Waals surface area (Å²) in [6.45, 7) is 3.27. The van der Waals surface area contributed by atoms with Crippen molar-refractivity contribution in [2.24, 2.45) is 11.8 Å². The minimum absolute atomic E-state index is 0.474. The smallest absolute Gasteiger partial charge is 0.135 e. The Morgan fingerprint density at radius 1 is 1.27 bits per heavy atom. The molecule has 3 fully saturated rings. The summed E-state index contributed by atoms with van der Waals surface area (Å²) in [6.07, 6.45) is 7.42. The van der Waals surface area contributed by atoms with Gasteiger partial charge in [0.15, 0.2) is 0 Å². The highest BCUT2D eigenvalue weighted by Gasteiger charge is 2.44. The van der Waals surface area contributed by atoms with Gasteiger partial charge in [0.05, 0.1) is 0 Å². The standard InChI is InChI=1S/C13H21NO/c1-9-6-12(15)4-5-14(9)13-8-10-2-3-11(13)7-10/h9-11,13H,2-8H2,1H3. The molecule has 4 atom stereocenters. The molecule has 2 aliphatic carbocycles. The van der Waals surface area contributed by atoms with Gasteiger partial charge in [-0.15, -0.1) is 0 Å². The van der Waals surface area contributed by atoms with Gasteiger partial charge in [-0.25, -0.2) is 0 Å². The fourth-order valence-corrected chi connectivity index (χ4v) is 4.13. The predicted octanol–water partition coefficient (Wildman–Crippen LogP) is 2.23. The zero-order valence-corrected chi connectivity index (χ0v) is 9.61. The van der Waals surface area contributed by atoms with Crippen LogP contribution in [0.2, 0.25) is 0 Å². The van der Waals surface area contributed by atoms with E-state index in [4.69, 9.17) is 0 Å². The maximum atomic E-state index is 11.4. The quantitative estimate of drug-likeness (QED) is 0.657. The first-order chi connectivity index (χ1) is 7.24. The first kappa shape index (κ1) is 9.83. The van der Waals surface area contributed by atoms with Crippen LogP contribution >= 0.6 is 0 Å². The van der Waals surface area contributed by atoms with Crippen molar-refractivity contribution in [2.45, 2.75) is 57.5 Å². The number of carbonyl (C=O) groups is 1. The van der Waals surface area contributed by atoms with E-state index in [0.717, 1.165) is 37.3 Å². The lowest BCUT2D eigenvalue weighted by Gasteiger charge is -2.41. The minimum atomic E-state index is 0.474. The molecule has 0 aromatic rings. The van der Waals surface area contributed by atoms with Crippen molar-refractivity contribution in [3.05, 3.63) is 0 Å². The van der Waals surface area contributed by atoms with Crippen LogP contribution in [-0.2, 0) is 4.79 Å². The van der Waals surface area contributed by atoms with Crippen molar-refractivity contribution in [2.75, 3.05) is 6.54 Å². The Morgan fingerprint density at radius 2 is 2.13 bits per heavy atom. The molecular weight excluding hydrogens is 186 g/mol. The summed E-state index contributed by atoms with van der Waals surface area (Å²) in [5.74, 6) is 2.46. The molecule has 0 radical (unpaired) electrons. The topological polar surface area (TPSA) is 20.3 Å². The van der Waals surface area contributed by atoms with Crippen molar-refractivity contribution < 1.29 is 4.79 Å². The summed E-state index contributed by atoms with van der Waals surface area (Å²) in [7, 11) is 0. The normalized spacial score (nSPS) is 46.3. The largest absolute Gasteiger partial charge is 0.300 e. The third kappa shape index (κ3) is 1.63. The number of Topliss-reactive ketones (excluding diaryl/α,β-unsaturated/α-hetero) is 1. The number of carbonyl (C=O) groups excluding carboxylic acids is 1. The Hall–Kier alpha value is -0.370. The second-order valence-electron chi connectivity index (χ2n) is 5.82. The third-order valence-electron chi connectivity index (χ3n) is 4.86. The van der Waals surface area contributed by atoms with Crippen LogP contribution in [-0.4, -0.2) is 29.3 Å². The second-order valence-corrected chi connectivity index (χ2v) is 5.82. The van der Waals surface area contributed by atoms with E-state index in [1.165, 1.54) is 25.7 Å². The van der Waals surface area contributed by atoms with E-state index < -0.39 is 0 Å². The first-order valence-electron chi connectivity index (χ1n) is 6.51. The Kier molecular flexibility index (Phi) is 2.35. The number of rotatable bonds is 1. The highest BCUT2D eigenvalue weighted by atomic mass is 16.1. The average molecular weight is 207 g/mol. The molecule has 2 nitrogen and oxygen atoms in total. The van der Waals surface area contributed by atoms with Crippen LogP contribution in [0, 0.1) is 11.8 Å². The molecule has 3 aliphatic rings. The van der Waals surface area contributed by atoms with Crippen LogP contribution in [0.1, 0.15) is 45.4 Å². The van der Waals surface area contributed by atoms with Gasteiger partial charge in [-0.2, -0.15) is 0 Å². The number of ketones is 1. The van der Waals surface area contributed by atoms with Gasteiger partial charge in [-0.05, 0) is 38.0 Å². The maximum Gasteiger partial charge on any atom is 0.135 e. The molecule has 0 aromatic heterocycles. The van der Waals surface area contributed by atoms with E-state index >= 15 is 0 Å². The summed E-state index contributed by atoms with van der Waals surface area (Å²) in [4.78, 5) is 14.0. The number of piperidine rings is 1. The molecule has 0 N–H and O–H groups in total. The number of likely N-dealkylation sites (tertiary alicyclic amines) is 1. The molecule has 84 valence electrons. The molecular formula is C13H21NO. The fourth-order valence-electron chi connectivity index (χ4n) is 4.13. The van der Waals surface area contributed by atoms with Crippen molar-refractivity contribution >= 4 is 5.78 Å². The molecule has 2 saturated carbocycles. The molecule has 0 amide bonds. The van der Waals surface area contributed by atoms with Gasteiger partial charge < -0.3 is 0 Å². The summed E-state index contributed by atoms with van der Waals surface area (Å²) < 4.78 is 0. The Bertz CT molecular complexity index is 276. The van der Waals surface area contributed by atoms with Crippen molar-refractivity contribution in [3.63, 3.8) is 0 Å². The molecule has 2 heteroatoms. The van der Waals surface area contributed by atoms with Crippen LogP contribution in [0.3, 0.4) is 0 Å². The van der Waals surface area contributed by atoms with E-state index in [1.54, 1.807) is 0 Å². The monoisotopic (exact) mass is 207 g/mol. The summed E-state index contributed by atoms with van der Waals surface area (Å²) >= 11 is 0. The van der Waals surface area contributed by atoms with Gasteiger partial charge in [-0.1, -0.05) is 6.42 Å². The number of hydrogen-bond acceptors (Lipinski definition) is 2. The summed E-state index contributed by atoms with van der Waals surface area (Å²) in [5, 5.41) is 0. The molecule has 3 rings (SSSR count). The molecule has 0 spiro atoms. The predicted molar refractivity (Wildman–Crippen MR) is 59.6 cm³/mol. The van der Waals surface area contributed by atoms with Gasteiger partial charge in [0, 0.05) is 31.5 Å². The first-order valence-corrected chi connectivity index (χ1v) is 6.51. The van der Waals surface area contributed by atoms with E-state index in [1.807, 2.05) is 0 Å². The van der Waals surface area contributed by atoms with Gasteiger partial charge in [0.25, 0.3) is 0 Å². The van der Waals surface area contributed by atoms with E-state index in [-0.39, 0.29) is 0 Å². The average Bonchev–Trinajstić information content (AvgIpc) is 2.78. The molecule has 15 heavy (non-hydrogen) atoms. The summed E-state index contributed by atoms with van der Waals surface area (Å²) in [5.41, 5.74) is 0. The van der Waals surface area contributed by atoms with Crippen LogP contribution < -0.4 is 0 Å². The van der Waals surface area contributed by atoms with Crippen LogP contribution in [0.4, 0.5) is 0 Å². The molecule has 1 saturated heterocycles. The van der Waals surface area contributed by atoms with Crippen molar-refractivity contribution in [3.8, 4) is 0 Å². The van der Waals surface area contributed by atoms with E-state index in [2.05, 4.69) is 11.8 Å². The maximum absolute atomic E-state index is 11.4. The van der Waals surface area contributed by atoms with E-state index in [9.17, 15) is 4.79 Å². The molecule has 4 unspecified atom stereocenters. The Balaban J connectivity index is 1.69. The van der Waals surface area contributed by atoms with Crippen LogP contribution in [0.25, 0.3) is 0 Å². The zero-order chi connectivity index (χ0) is 10.4. The van der Waals surface area contributed by atoms with Gasteiger partial charge >= 0.3 is 0 Å². The van der Waals surface area contributed by atoms with Crippen molar-refractivity contribution in [1.82, 2.24) is 4.90 Å². The van der Waals surface area contributed by atoms with Crippen molar-refractivity contribution in [1.29, 1.82) is 0 Å². The van der Waals surface area contributed by atoms with Gasteiger partial charge in [-0.3, -0.25) is 9.69 Å². The molecule has 2 bridgehead atoms. The highest BCUT2D eigenvalue weighted by molar-refractivity contribution is 5.79. The third-order valence-corrected chi connectivity index (χ3v) is 4.86. The minimum Gasteiger partial charge on any atom is -0.300 e. The van der Waals surface area contributed by atoms with Crippen LogP contribution in [0.5, 0.6) is 0 Å². The second kappa shape index (κ2) is 3.58. The van der Waals surface area contributed by atoms with Gasteiger partial charge in [0.2, 0.25) is 0 Å². The Morgan fingerprint density at radius 3 is 2.73 bits per heavy atom. The lowest BCUT2D eigenvalue weighted by Crippen LogP contribution is -2.49. The van der Waals surface area contributed by atoms with Crippen LogP contribution in [0.15, 0.2) is 0 Å². The highest BCUT2D eigenvalue weighted by Crippen LogP contribution is 2.47. The van der Waals surface area contributed by atoms with E-state index in [0.29, 0.717) is 11.8 Å². The number of hydrogen-bond donors (Lipinski definition) is 0. The zero-order valence-electron chi connectivity index (χ0n) is 9.61. The lowest BCUT2D eigenvalue weighted by atomic mass is 9.90.